The third-order valence-electron chi connectivity index (χ3n) is 2.00. The van der Waals surface area contributed by atoms with Gasteiger partial charge in [0.1, 0.15) is 13.2 Å². The van der Waals surface area contributed by atoms with Gasteiger partial charge >= 0.3 is 0 Å². The number of hydrogen-bond acceptors (Lipinski definition) is 4. The molecule has 0 saturated heterocycles. The zero-order chi connectivity index (χ0) is 13.4. The molecule has 18 heavy (non-hydrogen) atoms. The Morgan fingerprint density at radius 3 is 1.83 bits per heavy atom. The van der Waals surface area contributed by atoms with Crippen LogP contribution in [-0.2, 0) is 9.68 Å². The van der Waals surface area contributed by atoms with Crippen LogP contribution in [0.3, 0.4) is 0 Å². The molecule has 1 rings (SSSR count). The molecule has 0 aliphatic heterocycles. The van der Waals surface area contributed by atoms with Crippen LogP contribution >= 0.6 is 0 Å². The van der Waals surface area contributed by atoms with Crippen LogP contribution in [0.2, 0.25) is 0 Å². The first kappa shape index (κ1) is 14.5. The third-order valence-corrected chi connectivity index (χ3v) is 2.00. The molecule has 2 unspecified atom stereocenters. The smallest absolute Gasteiger partial charge is 0.170 e. The van der Waals surface area contributed by atoms with Gasteiger partial charge in [0.2, 0.25) is 0 Å². The van der Waals surface area contributed by atoms with Crippen molar-refractivity contribution in [3.05, 3.63) is 60.0 Å². The van der Waals surface area contributed by atoms with Gasteiger partial charge in [0.15, 0.2) is 11.4 Å². The predicted molar refractivity (Wildman–Crippen MR) is 66.7 cm³/mol. The minimum absolute atomic E-state index is 0.129. The molecule has 0 aliphatic carbocycles. The fourth-order valence-electron chi connectivity index (χ4n) is 1.21. The van der Waals surface area contributed by atoms with E-state index >= 15 is 0 Å². The quantitative estimate of drug-likeness (QED) is 0.502. The van der Waals surface area contributed by atoms with Crippen LogP contribution in [0.4, 0.5) is 11.4 Å². The van der Waals surface area contributed by atoms with Crippen molar-refractivity contribution in [2.45, 2.75) is 0 Å². The SMILES string of the molecule is C=CCO[NH+]([O-])c1cccc([NH+]([O-])OCC=C)c1. The summed E-state index contributed by atoms with van der Waals surface area (Å²) in [6.45, 7) is 7.15. The zero-order valence-corrected chi connectivity index (χ0v) is 9.93. The van der Waals surface area contributed by atoms with E-state index in [-0.39, 0.29) is 13.2 Å². The van der Waals surface area contributed by atoms with Gasteiger partial charge in [-0.2, -0.15) is 20.1 Å². The lowest BCUT2D eigenvalue weighted by atomic mass is 10.3. The number of quaternary nitrogens is 2. The Balaban J connectivity index is 2.71. The number of benzene rings is 1. The van der Waals surface area contributed by atoms with E-state index in [0.717, 1.165) is 0 Å². The number of rotatable bonds is 8. The second-order valence-electron chi connectivity index (χ2n) is 3.36. The molecule has 1 aromatic rings. The molecule has 0 bridgehead atoms. The maximum Gasteiger partial charge on any atom is 0.170 e. The Morgan fingerprint density at radius 2 is 1.44 bits per heavy atom. The molecule has 2 atom stereocenters. The van der Waals surface area contributed by atoms with E-state index in [0.29, 0.717) is 11.4 Å². The van der Waals surface area contributed by atoms with E-state index in [4.69, 9.17) is 9.68 Å². The summed E-state index contributed by atoms with van der Waals surface area (Å²) in [6, 6.07) is 6.15. The maximum atomic E-state index is 11.6. The van der Waals surface area contributed by atoms with Gasteiger partial charge in [-0.25, -0.2) is 0 Å². The fourth-order valence-corrected chi connectivity index (χ4v) is 1.21. The molecule has 1 aromatic carbocycles. The van der Waals surface area contributed by atoms with E-state index in [9.17, 15) is 10.4 Å². The van der Waals surface area contributed by atoms with Gasteiger partial charge in [0, 0.05) is 12.1 Å². The number of hydrogen-bond donors (Lipinski definition) is 2. The van der Waals surface area contributed by atoms with Crippen LogP contribution in [0.1, 0.15) is 0 Å². The topological polar surface area (TPSA) is 73.5 Å². The number of nitrogens with one attached hydrogen (secondary N) is 2. The van der Waals surface area contributed by atoms with E-state index in [1.165, 1.54) is 18.2 Å². The third kappa shape index (κ3) is 4.38. The van der Waals surface area contributed by atoms with Crippen molar-refractivity contribution < 1.29 is 20.1 Å². The second-order valence-corrected chi connectivity index (χ2v) is 3.36. The van der Waals surface area contributed by atoms with E-state index in [2.05, 4.69) is 13.2 Å². The van der Waals surface area contributed by atoms with Gasteiger partial charge in [-0.1, -0.05) is 18.2 Å². The predicted octanol–water partition coefficient (Wildman–Crippen LogP) is -0.0498. The Morgan fingerprint density at radius 1 is 1.00 bits per heavy atom. The van der Waals surface area contributed by atoms with Crippen molar-refractivity contribution in [3.63, 3.8) is 0 Å². The van der Waals surface area contributed by atoms with Crippen LogP contribution in [-0.4, -0.2) is 13.2 Å². The molecule has 6 heteroatoms. The normalized spacial score (nSPS) is 13.9. The highest BCUT2D eigenvalue weighted by molar-refractivity contribution is 5.41. The highest BCUT2D eigenvalue weighted by atomic mass is 16.9. The summed E-state index contributed by atoms with van der Waals surface area (Å²) in [7, 11) is 0. The lowest BCUT2D eigenvalue weighted by molar-refractivity contribution is -1.00. The standard InChI is InChI=1S/C12H16N2O4/c1-3-8-17-13(15)11-6-5-7-12(10-11)14(16)18-9-4-2/h3-7,10,13-14H,1-2,8-9H2. The largest absolute Gasteiger partial charge is 0.595 e. The van der Waals surface area contributed by atoms with Crippen molar-refractivity contribution in [1.29, 1.82) is 0 Å². The molecular weight excluding hydrogens is 236 g/mol. The molecular formula is C12H16N2O4. The minimum Gasteiger partial charge on any atom is -0.595 e. The van der Waals surface area contributed by atoms with Crippen LogP contribution < -0.4 is 10.5 Å². The van der Waals surface area contributed by atoms with E-state index in [1.54, 1.807) is 18.2 Å². The summed E-state index contributed by atoms with van der Waals surface area (Å²) >= 11 is 0. The van der Waals surface area contributed by atoms with Gasteiger partial charge in [-0.3, -0.25) is 0 Å². The summed E-state index contributed by atoms with van der Waals surface area (Å²) in [6.07, 6.45) is 2.94. The minimum atomic E-state index is -0.506. The highest BCUT2D eigenvalue weighted by Gasteiger charge is 2.09. The maximum absolute atomic E-state index is 11.6. The summed E-state index contributed by atoms with van der Waals surface area (Å²) in [4.78, 5) is 9.74. The molecule has 0 fully saturated rings. The van der Waals surface area contributed by atoms with Crippen LogP contribution in [0.15, 0.2) is 49.6 Å². The first-order valence-electron chi connectivity index (χ1n) is 5.35. The average Bonchev–Trinajstić information content (AvgIpc) is 2.42. The van der Waals surface area contributed by atoms with Crippen LogP contribution in [0.5, 0.6) is 0 Å². The summed E-state index contributed by atoms with van der Waals surface area (Å²) in [5.74, 6) is 0. The molecule has 0 heterocycles. The van der Waals surface area contributed by atoms with E-state index < -0.39 is 10.5 Å². The average molecular weight is 252 g/mol. The summed E-state index contributed by atoms with van der Waals surface area (Å²) < 4.78 is 0. The van der Waals surface area contributed by atoms with Crippen molar-refractivity contribution >= 4 is 11.4 Å². The molecule has 2 N–H and O–H groups in total. The molecule has 0 spiro atoms. The molecule has 0 radical (unpaired) electrons. The van der Waals surface area contributed by atoms with Gasteiger partial charge in [0.05, 0.1) is 6.07 Å². The van der Waals surface area contributed by atoms with E-state index in [1.807, 2.05) is 0 Å². The molecule has 0 saturated carbocycles. The van der Waals surface area contributed by atoms with Crippen molar-refractivity contribution in [1.82, 2.24) is 0 Å². The van der Waals surface area contributed by atoms with Crippen LogP contribution in [0.25, 0.3) is 0 Å². The Bertz CT molecular complexity index is 364. The highest BCUT2D eigenvalue weighted by Crippen LogP contribution is 2.07. The molecule has 6 nitrogen and oxygen atoms in total. The van der Waals surface area contributed by atoms with Gasteiger partial charge in [-0.15, -0.1) is 13.2 Å². The molecule has 98 valence electrons. The molecule has 0 amide bonds. The van der Waals surface area contributed by atoms with Gasteiger partial charge < -0.3 is 10.4 Å². The first-order chi connectivity index (χ1) is 8.69. The van der Waals surface area contributed by atoms with Crippen molar-refractivity contribution in [2.75, 3.05) is 13.2 Å². The summed E-state index contributed by atoms with van der Waals surface area (Å²) in [5.41, 5.74) is 0.592. The Labute approximate surface area is 105 Å². The zero-order valence-electron chi connectivity index (χ0n) is 9.93. The lowest BCUT2D eigenvalue weighted by Gasteiger charge is -2.21. The Hall–Kier alpha value is -1.54. The summed E-state index contributed by atoms with van der Waals surface area (Å²) in [5, 5.41) is 22.1. The molecule has 0 aromatic heterocycles. The lowest BCUT2D eigenvalue weighted by Crippen LogP contribution is -3.02. The molecule has 0 aliphatic rings. The monoisotopic (exact) mass is 252 g/mol. The van der Waals surface area contributed by atoms with Crippen LogP contribution in [0, 0.1) is 10.4 Å². The fraction of sp³-hybridized carbons (Fsp3) is 0.167. The second kappa shape index (κ2) is 7.72. The van der Waals surface area contributed by atoms with Gasteiger partial charge in [-0.05, 0) is 0 Å². The van der Waals surface area contributed by atoms with Gasteiger partial charge in [0.25, 0.3) is 0 Å². The Kier molecular flexibility index (Phi) is 6.23. The first-order valence-corrected chi connectivity index (χ1v) is 5.35. The van der Waals surface area contributed by atoms with Crippen molar-refractivity contribution in [3.8, 4) is 0 Å². The van der Waals surface area contributed by atoms with Crippen molar-refractivity contribution in [2.24, 2.45) is 0 Å².